The molecular weight excluding hydrogens is 519 g/mol. The molecule has 1 fully saturated rings. The van der Waals surface area contributed by atoms with E-state index in [9.17, 15) is 24.6 Å². The number of carboxylic acids is 1. The largest absolute Gasteiger partial charge is 0.489 e. The van der Waals surface area contributed by atoms with E-state index in [0.29, 0.717) is 39.9 Å². The molecule has 0 bridgehead atoms. The predicted octanol–water partition coefficient (Wildman–Crippen LogP) is 4.08. The third-order valence-corrected chi connectivity index (χ3v) is 7.62. The van der Waals surface area contributed by atoms with Gasteiger partial charge in [0.2, 0.25) is 11.8 Å². The van der Waals surface area contributed by atoms with Crippen LogP contribution in [0.1, 0.15) is 44.2 Å². The van der Waals surface area contributed by atoms with E-state index in [4.69, 9.17) is 27.9 Å². The molecule has 0 aromatic heterocycles. The molecular formula is C27H32Cl2N2O6. The molecule has 2 aromatic carbocycles. The number of nitrogens with one attached hydrogen (secondary N) is 1. The van der Waals surface area contributed by atoms with Crippen LogP contribution in [0.15, 0.2) is 42.5 Å². The SMILES string of the molecule is CCC(CC)(C(=O)NC(Cc1ccc(OCc2c(Cl)cccc2Cl)cc1)C(=O)O)C(=O)N1CCC(O)C1. The number of rotatable bonds is 11. The van der Waals surface area contributed by atoms with Crippen LogP contribution in [-0.4, -0.2) is 58.1 Å². The number of hydrogen-bond donors (Lipinski definition) is 3. The van der Waals surface area contributed by atoms with Crippen LogP contribution < -0.4 is 10.1 Å². The maximum absolute atomic E-state index is 13.3. The average molecular weight is 551 g/mol. The van der Waals surface area contributed by atoms with Gasteiger partial charge in [-0.05, 0) is 49.1 Å². The van der Waals surface area contributed by atoms with Crippen molar-refractivity contribution in [3.63, 3.8) is 0 Å². The lowest BCUT2D eigenvalue weighted by Gasteiger charge is -2.34. The van der Waals surface area contributed by atoms with Gasteiger partial charge in [-0.1, -0.05) is 55.2 Å². The normalized spacial score (nSPS) is 16.4. The highest BCUT2D eigenvalue weighted by Gasteiger charge is 2.47. The Morgan fingerprint density at radius 2 is 1.73 bits per heavy atom. The Morgan fingerprint density at radius 3 is 2.24 bits per heavy atom. The Kier molecular flexibility index (Phi) is 9.81. The molecule has 3 rings (SSSR count). The number of β-amino-alcohol motifs (C(OH)–C–C–N with tert-alkyl or cyclic N) is 1. The van der Waals surface area contributed by atoms with E-state index < -0.39 is 29.4 Å². The van der Waals surface area contributed by atoms with Crippen LogP contribution in [0.2, 0.25) is 10.0 Å². The molecule has 0 radical (unpaired) electrons. The van der Waals surface area contributed by atoms with Crippen molar-refractivity contribution in [2.75, 3.05) is 13.1 Å². The number of carbonyl (C=O) groups excluding carboxylic acids is 2. The first kappa shape index (κ1) is 28.8. The van der Waals surface area contributed by atoms with Crippen LogP contribution in [0, 0.1) is 5.41 Å². The fraction of sp³-hybridized carbons (Fsp3) is 0.444. The summed E-state index contributed by atoms with van der Waals surface area (Å²) in [7, 11) is 0. The van der Waals surface area contributed by atoms with Gasteiger partial charge in [0.15, 0.2) is 0 Å². The summed E-state index contributed by atoms with van der Waals surface area (Å²) in [6.07, 6.45) is 0.305. The van der Waals surface area contributed by atoms with Crippen molar-refractivity contribution in [1.29, 1.82) is 0 Å². The molecule has 2 aromatic rings. The third-order valence-electron chi connectivity index (χ3n) is 6.91. The van der Waals surface area contributed by atoms with Crippen molar-refractivity contribution >= 4 is 41.0 Å². The Hall–Kier alpha value is -2.81. The minimum Gasteiger partial charge on any atom is -0.489 e. The molecule has 2 unspecified atom stereocenters. The van der Waals surface area contributed by atoms with Crippen LogP contribution >= 0.6 is 23.2 Å². The van der Waals surface area contributed by atoms with Crippen molar-refractivity contribution in [3.05, 3.63) is 63.6 Å². The smallest absolute Gasteiger partial charge is 0.326 e. The summed E-state index contributed by atoms with van der Waals surface area (Å²) in [6.45, 7) is 4.18. The summed E-state index contributed by atoms with van der Waals surface area (Å²) in [5.74, 6) is -1.65. The molecule has 2 atom stereocenters. The number of nitrogens with zero attached hydrogens (tertiary/aromatic N) is 1. The molecule has 1 saturated heterocycles. The van der Waals surface area contributed by atoms with Gasteiger partial charge >= 0.3 is 5.97 Å². The minimum absolute atomic E-state index is 0.0256. The number of halogens is 2. The number of aliphatic carboxylic acids is 1. The van der Waals surface area contributed by atoms with Crippen LogP contribution in [0.3, 0.4) is 0 Å². The van der Waals surface area contributed by atoms with Crippen LogP contribution in [0.5, 0.6) is 5.75 Å². The lowest BCUT2D eigenvalue weighted by atomic mass is 9.79. The van der Waals surface area contributed by atoms with E-state index >= 15 is 0 Å². The number of ether oxygens (including phenoxy) is 1. The topological polar surface area (TPSA) is 116 Å². The molecule has 0 saturated carbocycles. The number of aliphatic hydroxyl groups is 1. The Balaban J connectivity index is 1.67. The Labute approximate surface area is 226 Å². The van der Waals surface area contributed by atoms with E-state index in [1.54, 1.807) is 56.3 Å². The number of benzene rings is 2. The van der Waals surface area contributed by atoms with E-state index in [0.717, 1.165) is 0 Å². The first-order chi connectivity index (χ1) is 17.6. The molecule has 8 nitrogen and oxygen atoms in total. The van der Waals surface area contributed by atoms with Crippen molar-refractivity contribution in [1.82, 2.24) is 10.2 Å². The second-order valence-electron chi connectivity index (χ2n) is 9.18. The first-order valence-corrected chi connectivity index (χ1v) is 13.0. The predicted molar refractivity (Wildman–Crippen MR) is 141 cm³/mol. The quantitative estimate of drug-likeness (QED) is 0.363. The molecule has 0 aliphatic carbocycles. The molecule has 10 heteroatoms. The number of hydrogen-bond acceptors (Lipinski definition) is 5. The maximum atomic E-state index is 13.3. The Morgan fingerprint density at radius 1 is 1.11 bits per heavy atom. The van der Waals surface area contributed by atoms with Gasteiger partial charge in [0.1, 0.15) is 23.8 Å². The highest BCUT2D eigenvalue weighted by molar-refractivity contribution is 6.35. The number of aliphatic hydroxyl groups excluding tert-OH is 1. The third kappa shape index (κ3) is 6.74. The molecule has 0 spiro atoms. The number of likely N-dealkylation sites (tertiary alicyclic amines) is 1. The van der Waals surface area contributed by atoms with E-state index in [2.05, 4.69) is 5.32 Å². The first-order valence-electron chi connectivity index (χ1n) is 12.3. The van der Waals surface area contributed by atoms with Gasteiger partial charge in [-0.15, -0.1) is 0 Å². The highest BCUT2D eigenvalue weighted by Crippen LogP contribution is 2.32. The summed E-state index contributed by atoms with van der Waals surface area (Å²) < 4.78 is 5.77. The minimum atomic E-state index is -1.39. The van der Waals surface area contributed by atoms with Gasteiger partial charge in [0.05, 0.1) is 6.10 Å². The van der Waals surface area contributed by atoms with Crippen LogP contribution in [-0.2, 0) is 27.4 Å². The van der Waals surface area contributed by atoms with Gasteiger partial charge in [0, 0.05) is 35.1 Å². The lowest BCUT2D eigenvalue weighted by Crippen LogP contribution is -2.55. The standard InChI is InChI=1S/C27H32Cl2N2O6/c1-3-27(4-2,26(36)31-13-12-18(32)15-31)25(35)30-23(24(33)34)14-17-8-10-19(11-9-17)37-16-20-21(28)6-5-7-22(20)29/h5-11,18,23,32H,3-4,12-16H2,1-2H3,(H,30,35)(H,33,34). The summed E-state index contributed by atoms with van der Waals surface area (Å²) in [6, 6.07) is 10.8. The van der Waals surface area contributed by atoms with Gasteiger partial charge in [-0.25, -0.2) is 4.79 Å². The highest BCUT2D eigenvalue weighted by atomic mass is 35.5. The van der Waals surface area contributed by atoms with Gasteiger partial charge in [-0.3, -0.25) is 9.59 Å². The van der Waals surface area contributed by atoms with Crippen molar-refractivity contribution in [3.8, 4) is 5.75 Å². The van der Waals surface area contributed by atoms with Crippen LogP contribution in [0.25, 0.3) is 0 Å². The van der Waals surface area contributed by atoms with Crippen molar-refractivity contribution < 1.29 is 29.3 Å². The van der Waals surface area contributed by atoms with Crippen LogP contribution in [0.4, 0.5) is 0 Å². The Bertz CT molecular complexity index is 1100. The molecule has 3 N–H and O–H groups in total. The fourth-order valence-electron chi connectivity index (χ4n) is 4.48. The van der Waals surface area contributed by atoms with E-state index in [1.165, 1.54) is 4.90 Å². The number of carboxylic acid groups (broad SMARTS) is 1. The van der Waals surface area contributed by atoms with Crippen molar-refractivity contribution in [2.24, 2.45) is 5.41 Å². The molecule has 1 aliphatic heterocycles. The maximum Gasteiger partial charge on any atom is 0.326 e. The lowest BCUT2D eigenvalue weighted by molar-refractivity contribution is -0.153. The zero-order valence-corrected chi connectivity index (χ0v) is 22.4. The summed E-state index contributed by atoms with van der Waals surface area (Å²) >= 11 is 12.4. The second-order valence-corrected chi connectivity index (χ2v) is 10.00. The van der Waals surface area contributed by atoms with Crippen molar-refractivity contribution in [2.45, 2.75) is 58.3 Å². The van der Waals surface area contributed by atoms with Gasteiger partial charge < -0.3 is 25.2 Å². The van der Waals surface area contributed by atoms with E-state index in [1.807, 2.05) is 0 Å². The van der Waals surface area contributed by atoms with Gasteiger partial charge in [0.25, 0.3) is 0 Å². The second kappa shape index (κ2) is 12.6. The fourth-order valence-corrected chi connectivity index (χ4v) is 4.99. The molecule has 1 aliphatic rings. The van der Waals surface area contributed by atoms with E-state index in [-0.39, 0.29) is 38.3 Å². The summed E-state index contributed by atoms with van der Waals surface area (Å²) in [4.78, 5) is 40.1. The summed E-state index contributed by atoms with van der Waals surface area (Å²) in [5.41, 5.74) is -0.0598. The summed E-state index contributed by atoms with van der Waals surface area (Å²) in [5, 5.41) is 23.2. The monoisotopic (exact) mass is 550 g/mol. The van der Waals surface area contributed by atoms with Gasteiger partial charge in [-0.2, -0.15) is 0 Å². The molecule has 200 valence electrons. The average Bonchev–Trinajstić information content (AvgIpc) is 3.31. The number of amides is 2. The molecule has 37 heavy (non-hydrogen) atoms. The zero-order chi connectivity index (χ0) is 27.2. The number of carbonyl (C=O) groups is 3. The molecule has 2 amide bonds. The zero-order valence-electron chi connectivity index (χ0n) is 20.9. The molecule has 1 heterocycles.